The van der Waals surface area contributed by atoms with Crippen LogP contribution in [0.25, 0.3) is 10.9 Å². The lowest BCUT2D eigenvalue weighted by atomic mass is 9.88. The van der Waals surface area contributed by atoms with Crippen LogP contribution in [0.4, 0.5) is 10.5 Å². The van der Waals surface area contributed by atoms with Crippen LogP contribution in [-0.4, -0.2) is 82.1 Å². The van der Waals surface area contributed by atoms with Crippen molar-refractivity contribution in [3.63, 3.8) is 0 Å². The average Bonchev–Trinajstić information content (AvgIpc) is 3.76. The van der Waals surface area contributed by atoms with E-state index in [1.54, 1.807) is 40.8 Å². The topological polar surface area (TPSA) is 161 Å². The molecule has 0 saturated carbocycles. The van der Waals surface area contributed by atoms with E-state index >= 15 is 0 Å². The van der Waals surface area contributed by atoms with Gasteiger partial charge in [-0.15, -0.1) is 0 Å². The van der Waals surface area contributed by atoms with Gasteiger partial charge >= 0.3 is 12.0 Å². The number of H-pyrrole nitrogens is 2. The van der Waals surface area contributed by atoms with Gasteiger partial charge in [-0.1, -0.05) is 36.4 Å². The summed E-state index contributed by atoms with van der Waals surface area (Å²) in [5.41, 5.74) is 7.66. The van der Waals surface area contributed by atoms with Crippen molar-refractivity contribution in [3.8, 4) is 0 Å². The van der Waals surface area contributed by atoms with Crippen LogP contribution >= 0.6 is 0 Å². The Kier molecular flexibility index (Phi) is 11.5. The smallest absolute Gasteiger partial charge is 0.329 e. The van der Waals surface area contributed by atoms with E-state index in [-0.39, 0.29) is 11.9 Å². The van der Waals surface area contributed by atoms with Crippen LogP contribution < -0.4 is 21.3 Å². The van der Waals surface area contributed by atoms with E-state index in [9.17, 15) is 14.4 Å². The predicted octanol–water partition coefficient (Wildman–Crippen LogP) is 4.94. The molecule has 0 spiro atoms. The largest absolute Gasteiger partial charge is 0.458 e. The molecule has 2 aromatic heterocycles. The second-order valence-corrected chi connectivity index (χ2v) is 14.5. The molecular weight excluding hydrogens is 632 g/mol. The van der Waals surface area contributed by atoms with Gasteiger partial charge < -0.3 is 40.9 Å². The summed E-state index contributed by atoms with van der Waals surface area (Å²) in [7, 11) is 0. The Balaban J connectivity index is 1.34. The maximum Gasteiger partial charge on any atom is 0.329 e. The molecule has 5 rings (SSSR count). The number of rotatable bonds is 13. The lowest BCUT2D eigenvalue weighted by molar-refractivity contribution is -0.159. The molecule has 1 saturated heterocycles. The molecule has 1 aliphatic rings. The predicted molar refractivity (Wildman–Crippen MR) is 196 cm³/mol. The first-order chi connectivity index (χ1) is 23.9. The normalized spacial score (nSPS) is 15.1. The van der Waals surface area contributed by atoms with E-state index in [1.807, 2.05) is 47.5 Å². The number of para-hydroxylation sites is 2. The van der Waals surface area contributed by atoms with Crippen molar-refractivity contribution in [3.05, 3.63) is 84.1 Å². The molecule has 2 atom stereocenters. The Morgan fingerprint density at radius 2 is 1.64 bits per heavy atom. The number of anilines is 1. The zero-order valence-corrected chi connectivity index (χ0v) is 29.9. The number of aromatic amines is 2. The first-order valence-corrected chi connectivity index (χ1v) is 17.6. The van der Waals surface area contributed by atoms with Gasteiger partial charge in [-0.05, 0) is 84.2 Å². The van der Waals surface area contributed by atoms with Gasteiger partial charge in [-0.25, -0.2) is 14.6 Å². The highest BCUT2D eigenvalue weighted by Gasteiger charge is 2.37. The fourth-order valence-corrected chi connectivity index (χ4v) is 6.19. The third kappa shape index (κ3) is 9.03. The van der Waals surface area contributed by atoms with Crippen molar-refractivity contribution in [1.82, 2.24) is 30.5 Å². The Morgan fingerprint density at radius 3 is 2.34 bits per heavy atom. The molecule has 4 aromatic rings. The van der Waals surface area contributed by atoms with Crippen LogP contribution in [0.5, 0.6) is 0 Å². The van der Waals surface area contributed by atoms with Crippen molar-refractivity contribution < 1.29 is 19.1 Å². The van der Waals surface area contributed by atoms with Gasteiger partial charge in [0.25, 0.3) is 0 Å². The minimum absolute atomic E-state index is 0.171. The van der Waals surface area contributed by atoms with Gasteiger partial charge in [0.2, 0.25) is 5.91 Å². The van der Waals surface area contributed by atoms with Gasteiger partial charge in [0.1, 0.15) is 17.5 Å². The van der Waals surface area contributed by atoms with Gasteiger partial charge in [0, 0.05) is 67.3 Å². The van der Waals surface area contributed by atoms with E-state index in [2.05, 4.69) is 43.7 Å². The summed E-state index contributed by atoms with van der Waals surface area (Å²) < 4.78 is 5.63. The fourth-order valence-electron chi connectivity index (χ4n) is 6.19. The zero-order valence-electron chi connectivity index (χ0n) is 29.9. The molecule has 1 fully saturated rings. The number of hydrogen-bond acceptors (Lipinski definition) is 7. The number of carbonyl (C=O) groups excluding carboxylic acids is 3. The molecule has 12 nitrogen and oxygen atoms in total. The van der Waals surface area contributed by atoms with Gasteiger partial charge in [0.05, 0.1) is 11.5 Å². The van der Waals surface area contributed by atoms with Crippen LogP contribution in [0.3, 0.4) is 0 Å². The number of nitrogens with two attached hydrogens (primary N) is 1. The Morgan fingerprint density at radius 1 is 0.940 bits per heavy atom. The van der Waals surface area contributed by atoms with Crippen molar-refractivity contribution in [2.45, 2.75) is 83.4 Å². The monoisotopic (exact) mass is 684 g/mol. The number of nitrogens with zero attached hydrogens (tertiary/aromatic N) is 3. The SMILES string of the molecule is CC(C)(C)OC(=O)C(CCCCN)NC(=O)C(C)(C)c1cnc(C(Cc2c[nH]c3ccccc23)NC(=O)N2CCN(c3ccccc3)CC2)[nH]1. The third-order valence-corrected chi connectivity index (χ3v) is 9.19. The molecule has 0 radical (unpaired) electrons. The second kappa shape index (κ2) is 15.8. The lowest BCUT2D eigenvalue weighted by Gasteiger charge is -2.36. The number of fused-ring (bicyclic) bond motifs is 1. The number of nitrogens with one attached hydrogen (secondary N) is 4. The highest BCUT2D eigenvalue weighted by atomic mass is 16.6. The summed E-state index contributed by atoms with van der Waals surface area (Å²) >= 11 is 0. The molecular formula is C38H52N8O4. The van der Waals surface area contributed by atoms with Crippen molar-refractivity contribution in [1.29, 1.82) is 0 Å². The minimum atomic E-state index is -1.08. The molecule has 0 aliphatic carbocycles. The fraction of sp³-hybridized carbons (Fsp3) is 0.474. The Bertz CT molecular complexity index is 1730. The van der Waals surface area contributed by atoms with Crippen molar-refractivity contribution in [2.24, 2.45) is 5.73 Å². The number of urea groups is 1. The standard InChI is InChI=1S/C38H52N8O4/c1-37(2,3)50-34(47)30(17-11-12-18-39)42-35(48)38(4,5)32-25-41-33(44-32)31(23-26-24-40-29-16-10-9-15-28(26)29)43-36(49)46-21-19-45(20-22-46)27-13-7-6-8-14-27/h6-10,13-16,24-25,30-31,40H,11-12,17-23,39H2,1-5H3,(H,41,44)(H,42,48)(H,43,49). The first kappa shape index (κ1) is 36.4. The van der Waals surface area contributed by atoms with Gasteiger partial charge in [-0.2, -0.15) is 0 Å². The van der Waals surface area contributed by atoms with E-state index in [1.165, 1.54) is 0 Å². The van der Waals surface area contributed by atoms with Crippen LogP contribution in [0, 0.1) is 0 Å². The zero-order chi connectivity index (χ0) is 35.9. The first-order valence-electron chi connectivity index (χ1n) is 17.6. The van der Waals surface area contributed by atoms with Gasteiger partial charge in [0.15, 0.2) is 0 Å². The summed E-state index contributed by atoms with van der Waals surface area (Å²) in [6.45, 7) is 12.1. The van der Waals surface area contributed by atoms with Crippen molar-refractivity contribution in [2.75, 3.05) is 37.6 Å². The number of aromatic nitrogens is 3. The van der Waals surface area contributed by atoms with Crippen LogP contribution in [0.2, 0.25) is 0 Å². The number of imidazole rings is 1. The van der Waals surface area contributed by atoms with E-state index in [0.29, 0.717) is 50.4 Å². The number of amides is 3. The Hall–Kier alpha value is -4.84. The molecule has 1 aliphatic heterocycles. The van der Waals surface area contributed by atoms with Crippen LogP contribution in [0.1, 0.15) is 77.0 Å². The molecule has 268 valence electrons. The molecule has 2 aromatic carbocycles. The van der Waals surface area contributed by atoms with E-state index < -0.39 is 29.1 Å². The molecule has 3 amide bonds. The summed E-state index contributed by atoms with van der Waals surface area (Å²) in [5, 5.41) is 7.24. The number of piperazine rings is 1. The minimum Gasteiger partial charge on any atom is -0.458 e. The number of ether oxygens (including phenoxy) is 1. The summed E-state index contributed by atoms with van der Waals surface area (Å²) in [5.74, 6) is -0.283. The molecule has 12 heteroatoms. The highest BCUT2D eigenvalue weighted by molar-refractivity contribution is 5.91. The average molecular weight is 685 g/mol. The molecule has 2 unspecified atom stereocenters. The Labute approximate surface area is 294 Å². The number of hydrogen-bond donors (Lipinski definition) is 5. The van der Waals surface area contributed by atoms with Crippen LogP contribution in [0.15, 0.2) is 67.0 Å². The number of carbonyl (C=O) groups is 3. The second-order valence-electron chi connectivity index (χ2n) is 14.5. The maximum absolute atomic E-state index is 13.8. The quantitative estimate of drug-likeness (QED) is 0.0985. The number of unbranched alkanes of at least 4 members (excludes halogenated alkanes) is 1. The molecule has 50 heavy (non-hydrogen) atoms. The lowest BCUT2D eigenvalue weighted by Crippen LogP contribution is -2.52. The molecule has 3 heterocycles. The highest BCUT2D eigenvalue weighted by Crippen LogP contribution is 2.28. The van der Waals surface area contributed by atoms with E-state index in [4.69, 9.17) is 15.5 Å². The third-order valence-electron chi connectivity index (χ3n) is 9.19. The van der Waals surface area contributed by atoms with Crippen LogP contribution in [-0.2, 0) is 26.2 Å². The van der Waals surface area contributed by atoms with Crippen molar-refractivity contribution >= 4 is 34.5 Å². The maximum atomic E-state index is 13.8. The van der Waals surface area contributed by atoms with Gasteiger partial charge in [-0.3, -0.25) is 4.79 Å². The summed E-state index contributed by atoms with van der Waals surface area (Å²) in [6.07, 6.45) is 5.90. The summed E-state index contributed by atoms with van der Waals surface area (Å²) in [6, 6.07) is 16.8. The molecule has 6 N–H and O–H groups in total. The van der Waals surface area contributed by atoms with E-state index in [0.717, 1.165) is 41.7 Å². The number of benzene rings is 2. The number of esters is 1. The summed E-state index contributed by atoms with van der Waals surface area (Å²) in [4.78, 5) is 56.1. The molecule has 0 bridgehead atoms.